The lowest BCUT2D eigenvalue weighted by Gasteiger charge is -2.20. The minimum Gasteiger partial charge on any atom is -0.389 e. The van der Waals surface area contributed by atoms with Gasteiger partial charge in [0.25, 0.3) is 5.91 Å². The van der Waals surface area contributed by atoms with Gasteiger partial charge in [-0.3, -0.25) is 4.79 Å². The number of rotatable bonds is 5. The lowest BCUT2D eigenvalue weighted by atomic mass is 10.2. The molecule has 0 aliphatic heterocycles. The minimum atomic E-state index is -0.743. The topological polar surface area (TPSA) is 49.8 Å². The molecule has 0 heterocycles. The summed E-state index contributed by atoms with van der Waals surface area (Å²) >= 11 is 3.02. The van der Waals surface area contributed by atoms with E-state index in [4.69, 9.17) is 4.74 Å². The first-order valence-corrected chi connectivity index (χ1v) is 6.12. The Morgan fingerprint density at radius 2 is 2.28 bits per heavy atom. The first-order chi connectivity index (χ1) is 8.45. The monoisotopic (exact) mass is 319 g/mol. The lowest BCUT2D eigenvalue weighted by Crippen LogP contribution is -2.36. The molecule has 100 valence electrons. The van der Waals surface area contributed by atoms with Crippen molar-refractivity contribution in [2.24, 2.45) is 0 Å². The Labute approximate surface area is 113 Å². The molecule has 0 fully saturated rings. The summed E-state index contributed by atoms with van der Waals surface area (Å²) in [5, 5.41) is 9.53. The molecule has 0 bridgehead atoms. The normalized spacial score (nSPS) is 12.3. The van der Waals surface area contributed by atoms with Crippen LogP contribution in [0, 0.1) is 5.82 Å². The molecule has 0 spiro atoms. The highest BCUT2D eigenvalue weighted by Crippen LogP contribution is 2.17. The van der Waals surface area contributed by atoms with Crippen LogP contribution in [-0.2, 0) is 4.74 Å². The van der Waals surface area contributed by atoms with Crippen LogP contribution in [0.1, 0.15) is 10.4 Å². The number of aliphatic hydroxyl groups excluding tert-OH is 1. The number of hydrogen-bond donors (Lipinski definition) is 1. The van der Waals surface area contributed by atoms with Crippen LogP contribution < -0.4 is 0 Å². The summed E-state index contributed by atoms with van der Waals surface area (Å²) in [5.74, 6) is -0.709. The van der Waals surface area contributed by atoms with Gasteiger partial charge in [-0.2, -0.15) is 0 Å². The fourth-order valence-corrected chi connectivity index (χ4v) is 1.87. The number of amides is 1. The number of halogens is 2. The second-order valence-electron chi connectivity index (χ2n) is 3.92. The highest BCUT2D eigenvalue weighted by atomic mass is 79.9. The quantitative estimate of drug-likeness (QED) is 0.898. The fourth-order valence-electron chi connectivity index (χ4n) is 1.49. The van der Waals surface area contributed by atoms with Gasteiger partial charge in [-0.05, 0) is 34.1 Å². The van der Waals surface area contributed by atoms with E-state index in [0.29, 0.717) is 5.56 Å². The molecule has 0 radical (unpaired) electrons. The summed E-state index contributed by atoms with van der Waals surface area (Å²) in [4.78, 5) is 13.3. The van der Waals surface area contributed by atoms with Gasteiger partial charge in [0.15, 0.2) is 0 Å². The molecule has 18 heavy (non-hydrogen) atoms. The Morgan fingerprint density at radius 1 is 1.61 bits per heavy atom. The first-order valence-electron chi connectivity index (χ1n) is 5.33. The zero-order chi connectivity index (χ0) is 13.7. The number of benzene rings is 1. The molecule has 4 nitrogen and oxygen atoms in total. The summed E-state index contributed by atoms with van der Waals surface area (Å²) in [6.45, 7) is 0.312. The maximum atomic E-state index is 13.0. The van der Waals surface area contributed by atoms with E-state index < -0.39 is 11.9 Å². The molecule has 0 saturated carbocycles. The zero-order valence-electron chi connectivity index (χ0n) is 10.2. The van der Waals surface area contributed by atoms with Gasteiger partial charge in [0.1, 0.15) is 5.82 Å². The molecule has 1 aromatic rings. The van der Waals surface area contributed by atoms with Crippen LogP contribution in [0.4, 0.5) is 4.39 Å². The fraction of sp³-hybridized carbons (Fsp3) is 0.417. The van der Waals surface area contributed by atoms with Gasteiger partial charge in [0.05, 0.1) is 17.2 Å². The van der Waals surface area contributed by atoms with Gasteiger partial charge >= 0.3 is 0 Å². The second kappa shape index (κ2) is 6.82. The lowest BCUT2D eigenvalue weighted by molar-refractivity contribution is 0.0380. The van der Waals surface area contributed by atoms with Crippen molar-refractivity contribution in [3.05, 3.63) is 34.1 Å². The van der Waals surface area contributed by atoms with E-state index in [-0.39, 0.29) is 23.5 Å². The van der Waals surface area contributed by atoms with Gasteiger partial charge < -0.3 is 14.7 Å². The standard InChI is InChI=1S/C12H15BrFNO3/c1-15(6-9(16)7-18-2)12(17)8-3-4-11(14)10(13)5-8/h3-5,9,16H,6-7H2,1-2H3/t9-/m1/s1. The second-order valence-corrected chi connectivity index (χ2v) is 4.78. The maximum Gasteiger partial charge on any atom is 0.253 e. The summed E-state index contributed by atoms with van der Waals surface area (Å²) in [6.07, 6.45) is -0.743. The Morgan fingerprint density at radius 3 is 2.83 bits per heavy atom. The van der Waals surface area contributed by atoms with Crippen molar-refractivity contribution >= 4 is 21.8 Å². The molecule has 0 aliphatic carbocycles. The van der Waals surface area contributed by atoms with Crippen LogP contribution in [-0.4, -0.2) is 49.3 Å². The van der Waals surface area contributed by atoms with E-state index in [1.54, 1.807) is 7.05 Å². The predicted molar refractivity (Wildman–Crippen MR) is 68.9 cm³/mol. The molecule has 1 aromatic carbocycles. The van der Waals surface area contributed by atoms with E-state index in [2.05, 4.69) is 15.9 Å². The van der Waals surface area contributed by atoms with Crippen molar-refractivity contribution in [3.8, 4) is 0 Å². The minimum absolute atomic E-state index is 0.154. The zero-order valence-corrected chi connectivity index (χ0v) is 11.8. The predicted octanol–water partition coefficient (Wildman–Crippen LogP) is 1.67. The van der Waals surface area contributed by atoms with Crippen molar-refractivity contribution < 1.29 is 19.0 Å². The third-order valence-electron chi connectivity index (χ3n) is 2.36. The molecule has 0 saturated heterocycles. The molecule has 0 aliphatic rings. The molecular formula is C12H15BrFNO3. The molecule has 6 heteroatoms. The Kier molecular flexibility index (Phi) is 5.71. The van der Waals surface area contributed by atoms with E-state index in [0.717, 1.165) is 0 Å². The number of aliphatic hydroxyl groups is 1. The first kappa shape index (κ1) is 15.1. The summed E-state index contributed by atoms with van der Waals surface area (Å²) < 4.78 is 18.1. The van der Waals surface area contributed by atoms with Crippen molar-refractivity contribution in [2.45, 2.75) is 6.10 Å². The van der Waals surface area contributed by atoms with Crippen LogP contribution in [0.5, 0.6) is 0 Å². The molecule has 1 rings (SSSR count). The van der Waals surface area contributed by atoms with E-state index in [1.165, 1.54) is 30.2 Å². The van der Waals surface area contributed by atoms with Crippen molar-refractivity contribution in [1.82, 2.24) is 4.90 Å². The van der Waals surface area contributed by atoms with Crippen LogP contribution >= 0.6 is 15.9 Å². The molecular weight excluding hydrogens is 305 g/mol. The number of hydrogen-bond acceptors (Lipinski definition) is 3. The smallest absolute Gasteiger partial charge is 0.253 e. The molecule has 1 atom stereocenters. The maximum absolute atomic E-state index is 13.0. The average molecular weight is 320 g/mol. The largest absolute Gasteiger partial charge is 0.389 e. The molecule has 1 amide bonds. The number of methoxy groups -OCH3 is 1. The number of likely N-dealkylation sites (N-methyl/N-ethyl adjacent to an activating group) is 1. The Hall–Kier alpha value is -0.980. The Balaban J connectivity index is 2.71. The average Bonchev–Trinajstić information content (AvgIpc) is 2.32. The van der Waals surface area contributed by atoms with Gasteiger partial charge in [-0.15, -0.1) is 0 Å². The van der Waals surface area contributed by atoms with Gasteiger partial charge in [-0.25, -0.2) is 4.39 Å². The molecule has 1 N–H and O–H groups in total. The van der Waals surface area contributed by atoms with E-state index in [9.17, 15) is 14.3 Å². The number of ether oxygens (including phenoxy) is 1. The number of nitrogens with zero attached hydrogens (tertiary/aromatic N) is 1. The molecule has 0 unspecified atom stereocenters. The van der Waals surface area contributed by atoms with Crippen molar-refractivity contribution in [1.29, 1.82) is 0 Å². The van der Waals surface area contributed by atoms with Crippen LogP contribution in [0.2, 0.25) is 0 Å². The number of carbonyl (C=O) groups is 1. The summed E-state index contributed by atoms with van der Waals surface area (Å²) in [6, 6.07) is 4.04. The summed E-state index contributed by atoms with van der Waals surface area (Å²) in [7, 11) is 3.04. The van der Waals surface area contributed by atoms with Gasteiger partial charge in [-0.1, -0.05) is 0 Å². The van der Waals surface area contributed by atoms with Gasteiger partial charge in [0.2, 0.25) is 0 Å². The van der Waals surface area contributed by atoms with Crippen LogP contribution in [0.15, 0.2) is 22.7 Å². The van der Waals surface area contributed by atoms with E-state index >= 15 is 0 Å². The summed E-state index contributed by atoms with van der Waals surface area (Å²) in [5.41, 5.74) is 0.357. The van der Waals surface area contributed by atoms with Crippen LogP contribution in [0.25, 0.3) is 0 Å². The van der Waals surface area contributed by atoms with Crippen LogP contribution in [0.3, 0.4) is 0 Å². The third-order valence-corrected chi connectivity index (χ3v) is 2.96. The SMILES string of the molecule is COC[C@H](O)CN(C)C(=O)c1ccc(F)c(Br)c1. The number of carbonyl (C=O) groups excluding carboxylic acids is 1. The molecule has 0 aromatic heterocycles. The van der Waals surface area contributed by atoms with Gasteiger partial charge in [0, 0.05) is 26.3 Å². The van der Waals surface area contributed by atoms with Crippen molar-refractivity contribution in [2.75, 3.05) is 27.3 Å². The third kappa shape index (κ3) is 4.04. The Bertz CT molecular complexity index is 428. The highest BCUT2D eigenvalue weighted by Gasteiger charge is 2.16. The van der Waals surface area contributed by atoms with Crippen molar-refractivity contribution in [3.63, 3.8) is 0 Å². The highest BCUT2D eigenvalue weighted by molar-refractivity contribution is 9.10. The van der Waals surface area contributed by atoms with E-state index in [1.807, 2.05) is 0 Å².